The quantitative estimate of drug-likeness (QED) is 0.501. The minimum absolute atomic E-state index is 0.0530. The highest BCUT2D eigenvalue weighted by Gasteiger charge is 2.52. The fourth-order valence-corrected chi connectivity index (χ4v) is 2.72. The highest BCUT2D eigenvalue weighted by atomic mass is 16.5. The average Bonchev–Trinajstić information content (AvgIpc) is 2.58. The summed E-state index contributed by atoms with van der Waals surface area (Å²) in [5.41, 5.74) is 1.69. The molecule has 0 amide bonds. The van der Waals surface area contributed by atoms with Crippen molar-refractivity contribution in [3.8, 4) is 0 Å². The first-order valence-corrected chi connectivity index (χ1v) is 5.48. The summed E-state index contributed by atoms with van der Waals surface area (Å²) in [6, 6.07) is 0. The van der Waals surface area contributed by atoms with Crippen molar-refractivity contribution >= 4 is 11.8 Å². The summed E-state index contributed by atoms with van der Waals surface area (Å²) >= 11 is 0. The molecule has 2 aliphatic carbocycles. The second-order valence-electron chi connectivity index (χ2n) is 4.76. The van der Waals surface area contributed by atoms with Crippen LogP contribution in [0.4, 0.5) is 0 Å². The molecule has 0 aromatic heterocycles. The second-order valence-corrected chi connectivity index (χ2v) is 4.76. The van der Waals surface area contributed by atoms with Crippen molar-refractivity contribution in [3.63, 3.8) is 0 Å². The van der Waals surface area contributed by atoms with E-state index < -0.39 is 5.41 Å². The summed E-state index contributed by atoms with van der Waals surface area (Å²) in [6.07, 6.45) is 4.56. The number of carbonyl (C=O) groups is 2. The normalized spacial score (nSPS) is 32.9. The van der Waals surface area contributed by atoms with Crippen LogP contribution in [0.25, 0.3) is 0 Å². The number of allylic oxidation sites excluding steroid dienone is 3. The predicted octanol–water partition coefficient (Wildman–Crippen LogP) is 2.03. The summed E-state index contributed by atoms with van der Waals surface area (Å²) in [7, 11) is 1.38. The van der Waals surface area contributed by atoms with E-state index in [9.17, 15) is 9.59 Å². The van der Waals surface area contributed by atoms with Gasteiger partial charge in [0.15, 0.2) is 5.78 Å². The van der Waals surface area contributed by atoms with Gasteiger partial charge in [0.25, 0.3) is 0 Å². The lowest BCUT2D eigenvalue weighted by atomic mass is 9.66. The average molecular weight is 220 g/mol. The van der Waals surface area contributed by atoms with E-state index in [1.165, 1.54) is 24.3 Å². The molecule has 0 heterocycles. The van der Waals surface area contributed by atoms with Crippen LogP contribution < -0.4 is 0 Å². The molecule has 0 bridgehead atoms. The zero-order chi connectivity index (χ0) is 11.9. The van der Waals surface area contributed by atoms with E-state index >= 15 is 0 Å². The highest BCUT2D eigenvalue weighted by Crippen LogP contribution is 2.49. The molecule has 0 aromatic rings. The molecule has 0 aliphatic heterocycles. The Morgan fingerprint density at radius 2 is 2.12 bits per heavy atom. The van der Waals surface area contributed by atoms with Gasteiger partial charge in [0.1, 0.15) is 5.41 Å². The molecule has 0 radical (unpaired) electrons. The monoisotopic (exact) mass is 220 g/mol. The van der Waals surface area contributed by atoms with Crippen LogP contribution in [0, 0.1) is 11.3 Å². The number of ether oxygens (including phenoxy) is 1. The van der Waals surface area contributed by atoms with Crippen LogP contribution in [-0.4, -0.2) is 18.9 Å². The summed E-state index contributed by atoms with van der Waals surface area (Å²) < 4.78 is 4.86. The van der Waals surface area contributed by atoms with Crippen LogP contribution in [0.3, 0.4) is 0 Å². The first-order chi connectivity index (χ1) is 7.51. The first kappa shape index (κ1) is 11.1. The summed E-state index contributed by atoms with van der Waals surface area (Å²) in [4.78, 5) is 23.7. The maximum Gasteiger partial charge on any atom is 0.316 e. The van der Waals surface area contributed by atoms with Crippen LogP contribution in [-0.2, 0) is 14.3 Å². The fourth-order valence-electron chi connectivity index (χ4n) is 2.72. The number of fused-ring (bicyclic) bond motifs is 1. The number of rotatable bonds is 1. The molecule has 2 aliphatic rings. The third-order valence-electron chi connectivity index (χ3n) is 3.87. The number of hydrogen-bond donors (Lipinski definition) is 0. The Bertz CT molecular complexity index is 417. The molecule has 2 atom stereocenters. The van der Waals surface area contributed by atoms with Gasteiger partial charge in [0, 0.05) is 5.92 Å². The number of carbonyl (C=O) groups excluding carboxylic acids is 2. The molecule has 16 heavy (non-hydrogen) atoms. The van der Waals surface area contributed by atoms with Crippen molar-refractivity contribution in [3.05, 3.63) is 23.3 Å². The smallest absolute Gasteiger partial charge is 0.316 e. The third-order valence-corrected chi connectivity index (χ3v) is 3.87. The van der Waals surface area contributed by atoms with Gasteiger partial charge >= 0.3 is 5.97 Å². The third kappa shape index (κ3) is 1.34. The predicted molar refractivity (Wildman–Crippen MR) is 59.7 cm³/mol. The topological polar surface area (TPSA) is 43.4 Å². The van der Waals surface area contributed by atoms with Gasteiger partial charge in [-0.15, -0.1) is 0 Å². The van der Waals surface area contributed by atoms with E-state index in [1.54, 1.807) is 6.08 Å². The van der Waals surface area contributed by atoms with Crippen LogP contribution in [0.2, 0.25) is 0 Å². The summed E-state index contributed by atoms with van der Waals surface area (Å²) in [5, 5.41) is 0. The Labute approximate surface area is 95.2 Å². The maximum absolute atomic E-state index is 11.9. The van der Waals surface area contributed by atoms with Crippen LogP contribution >= 0.6 is 0 Å². The van der Waals surface area contributed by atoms with E-state index in [1.807, 2.05) is 13.8 Å². The SMILES string of the molecule is COC(=O)[C@]12C=CC(=O)C1CC(C)=C(C)C2. The van der Waals surface area contributed by atoms with Crippen molar-refractivity contribution in [2.75, 3.05) is 7.11 Å². The maximum atomic E-state index is 11.9. The highest BCUT2D eigenvalue weighted by molar-refractivity contribution is 6.02. The molecular formula is C13H16O3. The molecule has 3 nitrogen and oxygen atoms in total. The molecule has 0 spiro atoms. The van der Waals surface area contributed by atoms with Crippen molar-refractivity contribution < 1.29 is 14.3 Å². The number of ketones is 1. The number of esters is 1. The summed E-state index contributed by atoms with van der Waals surface area (Å²) in [5.74, 6) is -0.479. The molecule has 86 valence electrons. The number of methoxy groups -OCH3 is 1. The molecule has 0 saturated heterocycles. The van der Waals surface area contributed by atoms with Crippen molar-refractivity contribution in [1.82, 2.24) is 0 Å². The molecule has 0 aromatic carbocycles. The second kappa shape index (κ2) is 3.58. The van der Waals surface area contributed by atoms with Gasteiger partial charge in [-0.1, -0.05) is 17.2 Å². The molecular weight excluding hydrogens is 204 g/mol. The van der Waals surface area contributed by atoms with Crippen molar-refractivity contribution in [1.29, 1.82) is 0 Å². The van der Waals surface area contributed by atoms with Gasteiger partial charge in [0.2, 0.25) is 0 Å². The standard InChI is InChI=1S/C13H16O3/c1-8-6-10-11(14)4-5-13(10,7-9(8)2)12(15)16-3/h4-5,10H,6-7H2,1-3H3/t10?,13-/m0/s1. The van der Waals surface area contributed by atoms with Crippen LogP contribution in [0.1, 0.15) is 26.7 Å². The van der Waals surface area contributed by atoms with Crippen LogP contribution in [0.15, 0.2) is 23.3 Å². The summed E-state index contributed by atoms with van der Waals surface area (Å²) in [6.45, 7) is 4.05. The Morgan fingerprint density at radius 3 is 2.75 bits per heavy atom. The minimum atomic E-state index is -0.727. The van der Waals surface area contributed by atoms with Gasteiger partial charge in [-0.3, -0.25) is 9.59 Å². The fraction of sp³-hybridized carbons (Fsp3) is 0.538. The van der Waals surface area contributed by atoms with Crippen molar-refractivity contribution in [2.45, 2.75) is 26.7 Å². The Morgan fingerprint density at radius 1 is 1.44 bits per heavy atom. The zero-order valence-electron chi connectivity index (χ0n) is 9.87. The zero-order valence-corrected chi connectivity index (χ0v) is 9.87. The van der Waals surface area contributed by atoms with Gasteiger partial charge < -0.3 is 4.74 Å². The van der Waals surface area contributed by atoms with E-state index in [4.69, 9.17) is 4.74 Å². The van der Waals surface area contributed by atoms with Gasteiger partial charge in [-0.2, -0.15) is 0 Å². The lowest BCUT2D eigenvalue weighted by Crippen LogP contribution is -2.40. The Kier molecular flexibility index (Phi) is 2.49. The molecule has 1 unspecified atom stereocenters. The van der Waals surface area contributed by atoms with E-state index in [-0.39, 0.29) is 17.7 Å². The van der Waals surface area contributed by atoms with E-state index in [0.717, 1.165) is 0 Å². The van der Waals surface area contributed by atoms with E-state index in [2.05, 4.69) is 0 Å². The molecule has 0 N–H and O–H groups in total. The lowest BCUT2D eigenvalue weighted by Gasteiger charge is -2.36. The van der Waals surface area contributed by atoms with Crippen molar-refractivity contribution in [2.24, 2.45) is 11.3 Å². The lowest BCUT2D eigenvalue weighted by molar-refractivity contribution is -0.154. The van der Waals surface area contributed by atoms with E-state index in [0.29, 0.717) is 12.8 Å². The Hall–Kier alpha value is -1.38. The number of hydrogen-bond acceptors (Lipinski definition) is 3. The van der Waals surface area contributed by atoms with Gasteiger partial charge in [-0.25, -0.2) is 0 Å². The molecule has 0 saturated carbocycles. The first-order valence-electron chi connectivity index (χ1n) is 5.48. The minimum Gasteiger partial charge on any atom is -0.468 e. The largest absolute Gasteiger partial charge is 0.468 e. The Balaban J connectivity index is 2.46. The molecule has 3 heteroatoms. The van der Waals surface area contributed by atoms with Gasteiger partial charge in [0.05, 0.1) is 7.11 Å². The molecule has 2 rings (SSSR count). The van der Waals surface area contributed by atoms with Crippen LogP contribution in [0.5, 0.6) is 0 Å². The van der Waals surface area contributed by atoms with Gasteiger partial charge in [-0.05, 0) is 32.8 Å². The molecule has 0 fully saturated rings.